The summed E-state index contributed by atoms with van der Waals surface area (Å²) in [6.45, 7) is 1.67. The Hall–Kier alpha value is -3.09. The zero-order valence-electron chi connectivity index (χ0n) is 16.6. The van der Waals surface area contributed by atoms with Gasteiger partial charge < -0.3 is 9.47 Å². The molecule has 0 saturated carbocycles. The molecule has 0 unspecified atom stereocenters. The molecule has 3 rings (SSSR count). The first-order valence-electron chi connectivity index (χ1n) is 9.11. The number of hydrogen-bond donors (Lipinski definition) is 0. The minimum atomic E-state index is -0.998. The van der Waals surface area contributed by atoms with E-state index in [2.05, 4.69) is 26.7 Å². The monoisotopic (exact) mass is 500 g/mol. The summed E-state index contributed by atoms with van der Waals surface area (Å²) in [6.07, 6.45) is 1.58. The first-order valence-corrected chi connectivity index (χ1v) is 10.7. The second kappa shape index (κ2) is 9.81. The Morgan fingerprint density at radius 1 is 1.29 bits per heavy atom. The van der Waals surface area contributed by atoms with E-state index < -0.39 is 23.2 Å². The maximum absolute atomic E-state index is 12.6. The van der Waals surface area contributed by atoms with Crippen LogP contribution in [-0.4, -0.2) is 35.2 Å². The lowest BCUT2D eigenvalue weighted by Crippen LogP contribution is -2.42. The Morgan fingerprint density at radius 2 is 2.03 bits per heavy atom. The molecule has 1 heterocycles. The molecule has 158 valence electrons. The number of methoxy groups -OCH3 is 1. The summed E-state index contributed by atoms with van der Waals surface area (Å²) in [7, 11) is 1.20. The first-order chi connectivity index (χ1) is 14.8. The number of carbonyl (C=O) groups is 3. The van der Waals surface area contributed by atoms with Crippen molar-refractivity contribution in [2.75, 3.05) is 7.11 Å². The topological polar surface area (TPSA) is 96.7 Å². The number of thioether (sulfide) groups is 1. The molecular weight excluding hydrogens is 484 g/mol. The van der Waals surface area contributed by atoms with Crippen molar-refractivity contribution in [3.8, 4) is 11.8 Å². The Labute approximate surface area is 191 Å². The normalized spacial score (nSPS) is 15.7. The molecule has 1 fully saturated rings. The highest BCUT2D eigenvalue weighted by Gasteiger charge is 2.41. The van der Waals surface area contributed by atoms with Crippen LogP contribution in [0.25, 0.3) is 6.08 Å². The number of ether oxygens (including phenoxy) is 2. The third-order valence-electron chi connectivity index (χ3n) is 4.53. The zero-order chi connectivity index (χ0) is 22.5. The van der Waals surface area contributed by atoms with E-state index in [1.54, 1.807) is 36.4 Å². The van der Waals surface area contributed by atoms with Gasteiger partial charge in [0.25, 0.3) is 11.1 Å². The molecule has 9 heteroatoms. The quantitative estimate of drug-likeness (QED) is 0.425. The van der Waals surface area contributed by atoms with Crippen LogP contribution >= 0.6 is 27.7 Å². The number of esters is 1. The van der Waals surface area contributed by atoms with Crippen LogP contribution in [0, 0.1) is 11.3 Å². The molecule has 2 aromatic rings. The molecule has 1 aliphatic heterocycles. The van der Waals surface area contributed by atoms with E-state index in [4.69, 9.17) is 4.74 Å². The highest BCUT2D eigenvalue weighted by molar-refractivity contribution is 9.10. The maximum Gasteiger partial charge on any atom is 0.328 e. The summed E-state index contributed by atoms with van der Waals surface area (Å²) in [5.41, 5.74) is 1.99. The number of carbonyl (C=O) groups excluding carboxylic acids is 3. The van der Waals surface area contributed by atoms with Crippen molar-refractivity contribution in [1.29, 1.82) is 5.26 Å². The van der Waals surface area contributed by atoms with Crippen molar-refractivity contribution in [3.63, 3.8) is 0 Å². The number of halogens is 1. The average Bonchev–Trinajstić information content (AvgIpc) is 3.04. The van der Waals surface area contributed by atoms with Crippen molar-refractivity contribution in [2.24, 2.45) is 0 Å². The van der Waals surface area contributed by atoms with Gasteiger partial charge in [-0.05, 0) is 64.5 Å². The van der Waals surface area contributed by atoms with Gasteiger partial charge in [-0.15, -0.1) is 0 Å². The van der Waals surface area contributed by atoms with Crippen LogP contribution in [0.2, 0.25) is 0 Å². The summed E-state index contributed by atoms with van der Waals surface area (Å²) < 4.78 is 11.1. The highest BCUT2D eigenvalue weighted by atomic mass is 79.9. The minimum Gasteiger partial charge on any atom is -0.488 e. The van der Waals surface area contributed by atoms with Gasteiger partial charge in [0.1, 0.15) is 18.4 Å². The Kier molecular flexibility index (Phi) is 7.15. The number of nitrogens with zero attached hydrogens (tertiary/aromatic N) is 2. The zero-order valence-corrected chi connectivity index (χ0v) is 19.0. The fraction of sp³-hybridized carbons (Fsp3) is 0.182. The second-order valence-electron chi connectivity index (χ2n) is 6.50. The van der Waals surface area contributed by atoms with Gasteiger partial charge in [-0.25, -0.2) is 4.79 Å². The van der Waals surface area contributed by atoms with Crippen molar-refractivity contribution in [2.45, 2.75) is 19.6 Å². The van der Waals surface area contributed by atoms with Crippen LogP contribution in [0.3, 0.4) is 0 Å². The van der Waals surface area contributed by atoms with Gasteiger partial charge in [0.2, 0.25) is 0 Å². The fourth-order valence-electron chi connectivity index (χ4n) is 2.88. The van der Waals surface area contributed by atoms with E-state index in [0.29, 0.717) is 21.3 Å². The van der Waals surface area contributed by atoms with Gasteiger partial charge in [0, 0.05) is 5.56 Å². The third kappa shape index (κ3) is 4.98. The molecule has 0 N–H and O–H groups in total. The predicted octanol–water partition coefficient (Wildman–Crippen LogP) is 4.50. The van der Waals surface area contributed by atoms with E-state index in [0.717, 1.165) is 22.2 Å². The van der Waals surface area contributed by atoms with Crippen molar-refractivity contribution in [3.05, 3.63) is 68.5 Å². The number of hydrogen-bond acceptors (Lipinski definition) is 7. The molecule has 0 radical (unpaired) electrons. The van der Waals surface area contributed by atoms with Gasteiger partial charge in [0.15, 0.2) is 0 Å². The second-order valence-corrected chi connectivity index (χ2v) is 8.35. The number of amides is 2. The number of benzene rings is 2. The molecule has 0 aromatic heterocycles. The van der Waals surface area contributed by atoms with Gasteiger partial charge in [-0.1, -0.05) is 24.3 Å². The summed E-state index contributed by atoms with van der Waals surface area (Å²) in [5.74, 6) is -0.638. The van der Waals surface area contributed by atoms with E-state index in [9.17, 15) is 19.6 Å². The molecule has 0 aliphatic carbocycles. The smallest absolute Gasteiger partial charge is 0.328 e. The van der Waals surface area contributed by atoms with Gasteiger partial charge >= 0.3 is 5.97 Å². The van der Waals surface area contributed by atoms with Gasteiger partial charge in [-0.2, -0.15) is 5.26 Å². The van der Waals surface area contributed by atoms with E-state index in [1.807, 2.05) is 12.1 Å². The Balaban J connectivity index is 1.75. The summed E-state index contributed by atoms with van der Waals surface area (Å²) in [6, 6.07) is 13.5. The van der Waals surface area contributed by atoms with Crippen LogP contribution in [0.15, 0.2) is 51.8 Å². The first kappa shape index (κ1) is 22.6. The maximum atomic E-state index is 12.6. The van der Waals surface area contributed by atoms with E-state index in [-0.39, 0.29) is 11.5 Å². The van der Waals surface area contributed by atoms with Gasteiger partial charge in [-0.3, -0.25) is 14.5 Å². The number of rotatable bonds is 6. The predicted molar refractivity (Wildman–Crippen MR) is 119 cm³/mol. The highest BCUT2D eigenvalue weighted by Crippen LogP contribution is 2.35. The molecule has 31 heavy (non-hydrogen) atoms. The third-order valence-corrected chi connectivity index (χ3v) is 6.03. The fourth-order valence-corrected chi connectivity index (χ4v) is 4.29. The Bertz CT molecular complexity index is 1130. The SMILES string of the molecule is COC(=O)[C@H](C)N1C(=O)S/C(=C/c2ccc(OCc3ccccc3C#N)c(Br)c2)C1=O. The average molecular weight is 501 g/mol. The lowest BCUT2D eigenvalue weighted by atomic mass is 10.1. The largest absolute Gasteiger partial charge is 0.488 e. The van der Waals surface area contributed by atoms with Crippen LogP contribution in [-0.2, 0) is 20.9 Å². The standard InChI is InChI=1S/C22H17BrN2O5S/c1-13(21(27)29-2)25-20(26)19(31-22(25)28)10-14-7-8-18(17(23)9-14)30-12-16-6-4-3-5-15(16)11-24/h3-10,13H,12H2,1-2H3/b19-10+/t13-/m0/s1. The number of imide groups is 1. The molecule has 1 atom stereocenters. The molecule has 1 saturated heterocycles. The lowest BCUT2D eigenvalue weighted by Gasteiger charge is -2.18. The summed E-state index contributed by atoms with van der Waals surface area (Å²) in [4.78, 5) is 37.6. The molecule has 0 spiro atoms. The number of nitriles is 1. The lowest BCUT2D eigenvalue weighted by molar-refractivity contribution is -0.148. The van der Waals surface area contributed by atoms with Crippen molar-refractivity contribution >= 4 is 50.9 Å². The van der Waals surface area contributed by atoms with E-state index in [1.165, 1.54) is 14.0 Å². The molecule has 0 bridgehead atoms. The van der Waals surface area contributed by atoms with Gasteiger partial charge in [0.05, 0.1) is 28.1 Å². The van der Waals surface area contributed by atoms with Crippen LogP contribution in [0.1, 0.15) is 23.6 Å². The van der Waals surface area contributed by atoms with Crippen LogP contribution in [0.4, 0.5) is 4.79 Å². The molecule has 7 nitrogen and oxygen atoms in total. The van der Waals surface area contributed by atoms with E-state index >= 15 is 0 Å². The molecule has 2 aromatic carbocycles. The summed E-state index contributed by atoms with van der Waals surface area (Å²) >= 11 is 4.21. The molecular formula is C22H17BrN2O5S. The molecule has 1 aliphatic rings. The van der Waals surface area contributed by atoms with Crippen LogP contribution in [0.5, 0.6) is 5.75 Å². The minimum absolute atomic E-state index is 0.212. The van der Waals surface area contributed by atoms with Crippen molar-refractivity contribution in [1.82, 2.24) is 4.90 Å². The Morgan fingerprint density at radius 3 is 2.71 bits per heavy atom. The molecule has 2 amide bonds. The van der Waals surface area contributed by atoms with Crippen molar-refractivity contribution < 1.29 is 23.9 Å². The van der Waals surface area contributed by atoms with Crippen LogP contribution < -0.4 is 4.74 Å². The summed E-state index contributed by atoms with van der Waals surface area (Å²) in [5, 5.41) is 8.65.